The quantitative estimate of drug-likeness (QED) is 0.782. The van der Waals surface area contributed by atoms with Gasteiger partial charge in [-0.25, -0.2) is 12.8 Å². The van der Waals surface area contributed by atoms with Crippen molar-refractivity contribution in [2.45, 2.75) is 23.5 Å². The Kier molecular flexibility index (Phi) is 5.54. The van der Waals surface area contributed by atoms with E-state index in [0.717, 1.165) is 0 Å². The van der Waals surface area contributed by atoms with Gasteiger partial charge in [-0.15, -0.1) is 0 Å². The first-order chi connectivity index (χ1) is 10.8. The van der Waals surface area contributed by atoms with Gasteiger partial charge >= 0.3 is 0 Å². The van der Waals surface area contributed by atoms with Crippen molar-refractivity contribution >= 4 is 20.4 Å². The third-order valence-electron chi connectivity index (χ3n) is 3.50. The number of benzene rings is 2. The third kappa shape index (κ3) is 4.87. The number of sulfone groups is 1. The molecule has 4 nitrogen and oxygen atoms in total. The van der Waals surface area contributed by atoms with Gasteiger partial charge in [-0.05, 0) is 41.3 Å². The Labute approximate surface area is 137 Å². The standard InChI is InChI=1S/C16H18FNO3S2/c1-12(14-3-2-4-15(17)9-14)11-23(20,21)16-7-5-13(6-8-16)10-22(18)19/h2-9,12,18,22H,10-11H2,1H3/t12-/m1/s1. The number of halogens is 1. The maximum Gasteiger partial charge on any atom is 0.178 e. The fourth-order valence-corrected chi connectivity index (χ4v) is 4.44. The van der Waals surface area contributed by atoms with Gasteiger partial charge in [0.15, 0.2) is 9.84 Å². The van der Waals surface area contributed by atoms with Crippen LogP contribution in [0.4, 0.5) is 4.39 Å². The minimum Gasteiger partial charge on any atom is -0.255 e. The second kappa shape index (κ2) is 7.23. The average molecular weight is 355 g/mol. The molecule has 0 amide bonds. The highest BCUT2D eigenvalue weighted by molar-refractivity contribution is 7.91. The number of hydrogen-bond donors (Lipinski definition) is 2. The van der Waals surface area contributed by atoms with Crippen molar-refractivity contribution in [2.24, 2.45) is 0 Å². The Morgan fingerprint density at radius 2 is 1.83 bits per heavy atom. The van der Waals surface area contributed by atoms with Gasteiger partial charge in [-0.3, -0.25) is 8.99 Å². The molecule has 0 saturated heterocycles. The molecule has 0 heterocycles. The van der Waals surface area contributed by atoms with Crippen molar-refractivity contribution in [3.63, 3.8) is 0 Å². The van der Waals surface area contributed by atoms with Crippen LogP contribution in [0, 0.1) is 10.6 Å². The zero-order chi connectivity index (χ0) is 17.0. The fraction of sp³-hybridized carbons (Fsp3) is 0.250. The second-order valence-corrected chi connectivity index (χ2v) is 8.53. The first-order valence-electron chi connectivity index (χ1n) is 7.01. The maximum atomic E-state index is 13.2. The predicted molar refractivity (Wildman–Crippen MR) is 89.3 cm³/mol. The molecule has 0 bridgehead atoms. The lowest BCUT2D eigenvalue weighted by Gasteiger charge is -2.13. The van der Waals surface area contributed by atoms with Crippen molar-refractivity contribution in [2.75, 3.05) is 5.75 Å². The predicted octanol–water partition coefficient (Wildman–Crippen LogP) is 3.15. The summed E-state index contributed by atoms with van der Waals surface area (Å²) in [5.41, 5.74) is 1.30. The van der Waals surface area contributed by atoms with Gasteiger partial charge < -0.3 is 0 Å². The summed E-state index contributed by atoms with van der Waals surface area (Å²) in [7, 11) is -5.55. The maximum absolute atomic E-state index is 13.2. The molecule has 0 aliphatic rings. The second-order valence-electron chi connectivity index (χ2n) is 5.42. The van der Waals surface area contributed by atoms with Crippen LogP contribution >= 0.6 is 0 Å². The summed E-state index contributed by atoms with van der Waals surface area (Å²) in [6, 6.07) is 12.0. The smallest absolute Gasteiger partial charge is 0.178 e. The summed E-state index contributed by atoms with van der Waals surface area (Å²) < 4.78 is 56.1. The third-order valence-corrected chi connectivity index (χ3v) is 6.08. The molecule has 2 atom stereocenters. The van der Waals surface area contributed by atoms with Crippen LogP contribution in [0.15, 0.2) is 53.4 Å². The molecule has 0 aliphatic heterocycles. The average Bonchev–Trinajstić information content (AvgIpc) is 2.46. The molecular formula is C16H18FNO3S2. The lowest BCUT2D eigenvalue weighted by atomic mass is 10.0. The molecular weight excluding hydrogens is 337 g/mol. The van der Waals surface area contributed by atoms with Crippen LogP contribution in [0.3, 0.4) is 0 Å². The molecule has 0 aromatic heterocycles. The van der Waals surface area contributed by atoms with Gasteiger partial charge in [0.25, 0.3) is 0 Å². The van der Waals surface area contributed by atoms with Crippen molar-refractivity contribution in [1.82, 2.24) is 0 Å². The molecule has 7 heteroatoms. The number of nitrogens with one attached hydrogen (secondary N) is 1. The molecule has 0 fully saturated rings. The number of rotatable bonds is 6. The van der Waals surface area contributed by atoms with E-state index in [1.807, 2.05) is 0 Å². The first kappa shape index (κ1) is 17.6. The Bertz CT molecular complexity index is 851. The summed E-state index contributed by atoms with van der Waals surface area (Å²) in [5, 5.41) is 0. The van der Waals surface area contributed by atoms with E-state index in [9.17, 15) is 17.0 Å². The van der Waals surface area contributed by atoms with E-state index in [2.05, 4.69) is 0 Å². The summed E-state index contributed by atoms with van der Waals surface area (Å²) >= 11 is 0. The molecule has 124 valence electrons. The summed E-state index contributed by atoms with van der Waals surface area (Å²) in [6.07, 6.45) is 0. The number of hydrogen-bond acceptors (Lipinski definition) is 4. The van der Waals surface area contributed by atoms with Gasteiger partial charge in [-0.2, -0.15) is 0 Å². The Morgan fingerprint density at radius 1 is 1.17 bits per heavy atom. The molecule has 1 unspecified atom stereocenters. The Morgan fingerprint density at radius 3 is 2.39 bits per heavy atom. The van der Waals surface area contributed by atoms with Crippen molar-refractivity contribution in [3.8, 4) is 0 Å². The van der Waals surface area contributed by atoms with Crippen molar-refractivity contribution in [3.05, 3.63) is 65.5 Å². The molecule has 2 aromatic rings. The summed E-state index contributed by atoms with van der Waals surface area (Å²) in [6.45, 7) is 1.74. The van der Waals surface area contributed by atoms with Crippen LogP contribution in [-0.2, 0) is 26.2 Å². The summed E-state index contributed by atoms with van der Waals surface area (Å²) in [4.78, 5) is 0.171. The van der Waals surface area contributed by atoms with E-state index in [1.54, 1.807) is 31.2 Å². The zero-order valence-electron chi connectivity index (χ0n) is 12.6. The lowest BCUT2D eigenvalue weighted by molar-refractivity contribution is 0.589. The molecule has 0 aliphatic carbocycles. The largest absolute Gasteiger partial charge is 0.255 e. The van der Waals surface area contributed by atoms with Gasteiger partial charge in [0, 0.05) is 10.6 Å². The molecule has 0 saturated carbocycles. The van der Waals surface area contributed by atoms with Crippen LogP contribution in [0.2, 0.25) is 0 Å². The van der Waals surface area contributed by atoms with Gasteiger partial charge in [0.1, 0.15) is 5.82 Å². The minimum absolute atomic E-state index is 0.107. The lowest BCUT2D eigenvalue weighted by Crippen LogP contribution is -2.13. The SMILES string of the molecule is C[C@H](CS(=O)(=O)c1ccc(C[SH](=N)=O)cc1)c1cccc(F)c1. The van der Waals surface area contributed by atoms with Crippen molar-refractivity contribution in [1.29, 1.82) is 4.78 Å². The van der Waals surface area contributed by atoms with Crippen LogP contribution < -0.4 is 0 Å². The van der Waals surface area contributed by atoms with E-state index in [4.69, 9.17) is 4.78 Å². The molecule has 0 radical (unpaired) electrons. The molecule has 1 N–H and O–H groups in total. The van der Waals surface area contributed by atoms with Crippen LogP contribution in [-0.4, -0.2) is 18.4 Å². The van der Waals surface area contributed by atoms with Crippen LogP contribution in [0.25, 0.3) is 0 Å². The highest BCUT2D eigenvalue weighted by Crippen LogP contribution is 2.22. The molecule has 0 spiro atoms. The van der Waals surface area contributed by atoms with E-state index < -0.39 is 20.4 Å². The van der Waals surface area contributed by atoms with Gasteiger partial charge in [-0.1, -0.05) is 31.2 Å². The molecule has 23 heavy (non-hydrogen) atoms. The van der Waals surface area contributed by atoms with E-state index in [1.165, 1.54) is 24.3 Å². The van der Waals surface area contributed by atoms with Crippen molar-refractivity contribution < 1.29 is 17.0 Å². The highest BCUT2D eigenvalue weighted by atomic mass is 32.2. The first-order valence-corrected chi connectivity index (χ1v) is 10.1. The van der Waals surface area contributed by atoms with Crippen LogP contribution in [0.5, 0.6) is 0 Å². The van der Waals surface area contributed by atoms with E-state index in [-0.39, 0.29) is 28.1 Å². The molecule has 2 rings (SSSR count). The van der Waals surface area contributed by atoms with Crippen LogP contribution in [0.1, 0.15) is 24.0 Å². The number of thiol groups is 1. The topological polar surface area (TPSA) is 75.1 Å². The fourth-order valence-electron chi connectivity index (χ4n) is 2.30. The Balaban J connectivity index is 2.18. The van der Waals surface area contributed by atoms with Gasteiger partial charge in [0.2, 0.25) is 0 Å². The highest BCUT2D eigenvalue weighted by Gasteiger charge is 2.20. The normalized spacial score (nSPS) is 14.3. The van der Waals surface area contributed by atoms with Gasteiger partial charge in [0.05, 0.1) is 16.4 Å². The summed E-state index contributed by atoms with van der Waals surface area (Å²) in [5.74, 6) is -0.739. The molecule has 2 aromatic carbocycles. The minimum atomic E-state index is -3.51. The Hall–Kier alpha value is -1.73. The van der Waals surface area contributed by atoms with E-state index in [0.29, 0.717) is 11.1 Å². The van der Waals surface area contributed by atoms with E-state index >= 15 is 0 Å². The zero-order valence-corrected chi connectivity index (χ0v) is 14.3. The monoisotopic (exact) mass is 355 g/mol.